The van der Waals surface area contributed by atoms with Crippen molar-refractivity contribution in [2.45, 2.75) is 26.4 Å². The summed E-state index contributed by atoms with van der Waals surface area (Å²) in [5.41, 5.74) is 3.84. The normalized spacial score (nSPS) is 11.4. The zero-order chi connectivity index (χ0) is 14.8. The van der Waals surface area contributed by atoms with Crippen molar-refractivity contribution in [2.75, 3.05) is 0 Å². The zero-order valence-corrected chi connectivity index (χ0v) is 12.2. The molecule has 0 aliphatic carbocycles. The van der Waals surface area contributed by atoms with Crippen LogP contribution < -0.4 is 5.32 Å². The van der Waals surface area contributed by atoms with E-state index in [1.807, 2.05) is 28.8 Å². The van der Waals surface area contributed by atoms with Crippen LogP contribution in [0.2, 0.25) is 0 Å². The third-order valence-corrected chi connectivity index (χ3v) is 3.46. The van der Waals surface area contributed by atoms with Gasteiger partial charge in [0.25, 0.3) is 0 Å². The number of benzene rings is 2. The van der Waals surface area contributed by atoms with E-state index in [1.54, 1.807) is 18.5 Å². The van der Waals surface area contributed by atoms with Crippen LogP contribution in [0.15, 0.2) is 48.8 Å². The Labute approximate surface area is 123 Å². The molecule has 1 heterocycles. The number of nitrogens with zero attached hydrogens (tertiary/aromatic N) is 2. The van der Waals surface area contributed by atoms with Crippen LogP contribution in [0, 0.1) is 5.82 Å². The van der Waals surface area contributed by atoms with E-state index in [-0.39, 0.29) is 5.82 Å². The van der Waals surface area contributed by atoms with Crippen molar-refractivity contribution in [3.05, 3.63) is 60.2 Å². The molecule has 4 heteroatoms. The number of fused-ring (bicyclic) bond motifs is 1. The summed E-state index contributed by atoms with van der Waals surface area (Å²) in [5, 5.41) is 3.34. The molecule has 3 rings (SSSR count). The number of nitrogens with one attached hydrogen (secondary N) is 1. The SMILES string of the molecule is CC(C)NCc1cc(F)ccc1-n1cnc2ccccc21. The second-order valence-electron chi connectivity index (χ2n) is 5.41. The van der Waals surface area contributed by atoms with Gasteiger partial charge in [-0.1, -0.05) is 26.0 Å². The smallest absolute Gasteiger partial charge is 0.123 e. The first kappa shape index (κ1) is 13.8. The Balaban J connectivity index is 2.09. The number of hydrogen-bond acceptors (Lipinski definition) is 2. The molecule has 0 unspecified atom stereocenters. The van der Waals surface area contributed by atoms with E-state index in [0.717, 1.165) is 22.3 Å². The standard InChI is InChI=1S/C17H18FN3/c1-12(2)19-10-13-9-14(18)7-8-16(13)21-11-20-15-5-3-4-6-17(15)21/h3-9,11-12,19H,10H2,1-2H3. The van der Waals surface area contributed by atoms with Gasteiger partial charge in [-0.3, -0.25) is 4.57 Å². The molecular formula is C17H18FN3. The Morgan fingerprint density at radius 2 is 2.00 bits per heavy atom. The van der Waals surface area contributed by atoms with E-state index in [1.165, 1.54) is 6.07 Å². The lowest BCUT2D eigenvalue weighted by atomic mass is 10.1. The lowest BCUT2D eigenvalue weighted by Gasteiger charge is -2.14. The average molecular weight is 283 g/mol. The van der Waals surface area contributed by atoms with E-state index in [2.05, 4.69) is 24.1 Å². The molecule has 0 spiro atoms. The molecule has 2 aromatic carbocycles. The number of para-hydroxylation sites is 2. The Morgan fingerprint density at radius 1 is 1.19 bits per heavy atom. The highest BCUT2D eigenvalue weighted by Gasteiger charge is 2.10. The first-order valence-electron chi connectivity index (χ1n) is 7.09. The predicted octanol–water partition coefficient (Wildman–Crippen LogP) is 3.66. The van der Waals surface area contributed by atoms with Crippen LogP contribution in [0.25, 0.3) is 16.7 Å². The monoisotopic (exact) mass is 283 g/mol. The average Bonchev–Trinajstić information content (AvgIpc) is 2.89. The highest BCUT2D eigenvalue weighted by molar-refractivity contribution is 5.77. The predicted molar refractivity (Wildman–Crippen MR) is 83.0 cm³/mol. The Bertz CT molecular complexity index is 762. The fraction of sp³-hybridized carbons (Fsp3) is 0.235. The number of imidazole rings is 1. The van der Waals surface area contributed by atoms with Crippen LogP contribution in [0.1, 0.15) is 19.4 Å². The highest BCUT2D eigenvalue weighted by atomic mass is 19.1. The molecule has 3 aromatic rings. The molecule has 1 aromatic heterocycles. The molecule has 0 saturated heterocycles. The third-order valence-electron chi connectivity index (χ3n) is 3.46. The van der Waals surface area contributed by atoms with E-state index in [9.17, 15) is 4.39 Å². The molecule has 0 aliphatic heterocycles. The fourth-order valence-electron chi connectivity index (χ4n) is 2.40. The second kappa shape index (κ2) is 5.66. The minimum atomic E-state index is -0.219. The molecule has 1 N–H and O–H groups in total. The molecule has 21 heavy (non-hydrogen) atoms. The van der Waals surface area contributed by atoms with Crippen LogP contribution in [0.3, 0.4) is 0 Å². The summed E-state index contributed by atoms with van der Waals surface area (Å²) in [6.45, 7) is 4.77. The molecular weight excluding hydrogens is 265 g/mol. The first-order valence-corrected chi connectivity index (χ1v) is 7.09. The minimum Gasteiger partial charge on any atom is -0.310 e. The van der Waals surface area contributed by atoms with Crippen molar-refractivity contribution in [1.82, 2.24) is 14.9 Å². The summed E-state index contributed by atoms with van der Waals surface area (Å²) < 4.78 is 15.6. The maximum Gasteiger partial charge on any atom is 0.123 e. The van der Waals surface area contributed by atoms with Gasteiger partial charge in [0, 0.05) is 12.6 Å². The van der Waals surface area contributed by atoms with Crippen LogP contribution in [0.5, 0.6) is 0 Å². The molecule has 0 amide bonds. The summed E-state index contributed by atoms with van der Waals surface area (Å²) in [6, 6.07) is 13.2. The van der Waals surface area contributed by atoms with Gasteiger partial charge >= 0.3 is 0 Å². The number of rotatable bonds is 4. The van der Waals surface area contributed by atoms with E-state index in [4.69, 9.17) is 0 Å². The van der Waals surface area contributed by atoms with Crippen LogP contribution in [-0.4, -0.2) is 15.6 Å². The maximum atomic E-state index is 13.6. The summed E-state index contributed by atoms with van der Waals surface area (Å²) >= 11 is 0. The van der Waals surface area contributed by atoms with Crippen molar-refractivity contribution < 1.29 is 4.39 Å². The zero-order valence-electron chi connectivity index (χ0n) is 12.2. The summed E-state index contributed by atoms with van der Waals surface area (Å²) in [4.78, 5) is 4.40. The lowest BCUT2D eigenvalue weighted by Crippen LogP contribution is -2.22. The van der Waals surface area contributed by atoms with Gasteiger partial charge in [-0.2, -0.15) is 0 Å². The van der Waals surface area contributed by atoms with Gasteiger partial charge in [-0.05, 0) is 35.9 Å². The number of aromatic nitrogens is 2. The molecule has 108 valence electrons. The minimum absolute atomic E-state index is 0.219. The Morgan fingerprint density at radius 3 is 2.81 bits per heavy atom. The van der Waals surface area contributed by atoms with Gasteiger partial charge in [0.2, 0.25) is 0 Å². The number of hydrogen-bond donors (Lipinski definition) is 1. The van der Waals surface area contributed by atoms with Crippen molar-refractivity contribution >= 4 is 11.0 Å². The molecule has 0 fully saturated rings. The van der Waals surface area contributed by atoms with Gasteiger partial charge in [0.1, 0.15) is 12.1 Å². The molecule has 0 aliphatic rings. The van der Waals surface area contributed by atoms with Crippen molar-refractivity contribution in [2.24, 2.45) is 0 Å². The summed E-state index contributed by atoms with van der Waals surface area (Å²) in [5.74, 6) is -0.219. The topological polar surface area (TPSA) is 29.9 Å². The van der Waals surface area contributed by atoms with Gasteiger partial charge in [0.15, 0.2) is 0 Å². The maximum absolute atomic E-state index is 13.6. The highest BCUT2D eigenvalue weighted by Crippen LogP contribution is 2.22. The van der Waals surface area contributed by atoms with E-state index < -0.39 is 0 Å². The molecule has 3 nitrogen and oxygen atoms in total. The number of halogens is 1. The molecule has 0 atom stereocenters. The van der Waals surface area contributed by atoms with Crippen LogP contribution in [0.4, 0.5) is 4.39 Å². The van der Waals surface area contributed by atoms with Crippen LogP contribution in [-0.2, 0) is 6.54 Å². The Hall–Kier alpha value is -2.20. The second-order valence-corrected chi connectivity index (χ2v) is 5.41. The summed E-state index contributed by atoms with van der Waals surface area (Å²) in [6.07, 6.45) is 1.79. The third kappa shape index (κ3) is 2.81. The van der Waals surface area contributed by atoms with Crippen molar-refractivity contribution in [1.29, 1.82) is 0 Å². The van der Waals surface area contributed by atoms with Gasteiger partial charge in [0.05, 0.1) is 16.7 Å². The van der Waals surface area contributed by atoms with E-state index >= 15 is 0 Å². The fourth-order valence-corrected chi connectivity index (χ4v) is 2.40. The van der Waals surface area contributed by atoms with Gasteiger partial charge < -0.3 is 5.32 Å². The summed E-state index contributed by atoms with van der Waals surface area (Å²) in [7, 11) is 0. The Kier molecular flexibility index (Phi) is 3.71. The van der Waals surface area contributed by atoms with Gasteiger partial charge in [-0.15, -0.1) is 0 Å². The quantitative estimate of drug-likeness (QED) is 0.792. The van der Waals surface area contributed by atoms with Crippen LogP contribution >= 0.6 is 0 Å². The van der Waals surface area contributed by atoms with E-state index in [0.29, 0.717) is 12.6 Å². The molecule has 0 radical (unpaired) electrons. The first-order chi connectivity index (χ1) is 10.1. The largest absolute Gasteiger partial charge is 0.310 e. The van der Waals surface area contributed by atoms with Gasteiger partial charge in [-0.25, -0.2) is 9.37 Å². The lowest BCUT2D eigenvalue weighted by molar-refractivity contribution is 0.580. The van der Waals surface area contributed by atoms with Crippen molar-refractivity contribution in [3.8, 4) is 5.69 Å². The molecule has 0 bridgehead atoms. The van der Waals surface area contributed by atoms with Crippen molar-refractivity contribution in [3.63, 3.8) is 0 Å². The molecule has 0 saturated carbocycles.